The van der Waals surface area contributed by atoms with Gasteiger partial charge in [0.2, 0.25) is 0 Å². The lowest BCUT2D eigenvalue weighted by molar-refractivity contribution is 0.198. The monoisotopic (exact) mass is 258 g/mol. The fourth-order valence-electron chi connectivity index (χ4n) is 2.31. The third-order valence-corrected chi connectivity index (χ3v) is 3.29. The highest BCUT2D eigenvalue weighted by atomic mass is 16.5. The van der Waals surface area contributed by atoms with E-state index in [2.05, 4.69) is 41.5 Å². The number of hydrogen-bond donors (Lipinski definition) is 1. The lowest BCUT2D eigenvalue weighted by Crippen LogP contribution is -2.25. The Balaban J connectivity index is 1.97. The summed E-state index contributed by atoms with van der Waals surface area (Å²) in [6.07, 6.45) is 4.97. The third kappa shape index (κ3) is 4.01. The van der Waals surface area contributed by atoms with Gasteiger partial charge in [-0.05, 0) is 29.8 Å². The number of methoxy groups -OCH3 is 1. The molecule has 0 saturated carbocycles. The maximum atomic E-state index is 5.03. The zero-order valence-corrected chi connectivity index (χ0v) is 11.7. The molecule has 0 aliphatic carbocycles. The van der Waals surface area contributed by atoms with Gasteiger partial charge in [0.05, 0.1) is 6.61 Å². The summed E-state index contributed by atoms with van der Waals surface area (Å²) < 4.78 is 5.03. The molecule has 0 saturated heterocycles. The number of ether oxygens (including phenoxy) is 1. The summed E-state index contributed by atoms with van der Waals surface area (Å²) in [5.41, 5.74) is 1.33. The normalized spacial score (nSPS) is 12.7. The molecule has 1 N–H and O–H groups in total. The van der Waals surface area contributed by atoms with Gasteiger partial charge in [-0.1, -0.05) is 31.2 Å². The Morgan fingerprint density at radius 2 is 2.11 bits per heavy atom. The van der Waals surface area contributed by atoms with Crippen LogP contribution in [0.25, 0.3) is 10.8 Å². The Labute approximate surface area is 115 Å². The lowest BCUT2D eigenvalue weighted by atomic mass is 9.98. The number of rotatable bonds is 7. The second-order valence-electron chi connectivity index (χ2n) is 5.03. The number of fused-ring (bicyclic) bond motifs is 1. The average Bonchev–Trinajstić information content (AvgIpc) is 2.44. The van der Waals surface area contributed by atoms with Crippen molar-refractivity contribution >= 4 is 10.8 Å². The van der Waals surface area contributed by atoms with Crippen molar-refractivity contribution in [1.29, 1.82) is 0 Å². The molecule has 19 heavy (non-hydrogen) atoms. The van der Waals surface area contributed by atoms with Crippen molar-refractivity contribution in [1.82, 2.24) is 10.3 Å². The molecular formula is C16H22N2O. The molecule has 0 spiro atoms. The van der Waals surface area contributed by atoms with Crippen LogP contribution in [-0.4, -0.2) is 31.8 Å². The number of nitrogens with zero attached hydrogens (tertiary/aromatic N) is 1. The van der Waals surface area contributed by atoms with Crippen molar-refractivity contribution in [2.24, 2.45) is 5.92 Å². The van der Waals surface area contributed by atoms with E-state index in [-0.39, 0.29) is 0 Å². The van der Waals surface area contributed by atoms with E-state index >= 15 is 0 Å². The van der Waals surface area contributed by atoms with Gasteiger partial charge in [0.1, 0.15) is 0 Å². The minimum atomic E-state index is 0.587. The second-order valence-corrected chi connectivity index (χ2v) is 5.03. The molecule has 1 unspecified atom stereocenters. The fraction of sp³-hybridized carbons (Fsp3) is 0.438. The largest absolute Gasteiger partial charge is 0.383 e. The maximum absolute atomic E-state index is 5.03. The first-order valence-electron chi connectivity index (χ1n) is 6.82. The Morgan fingerprint density at radius 1 is 1.26 bits per heavy atom. The average molecular weight is 258 g/mol. The zero-order chi connectivity index (χ0) is 13.5. The van der Waals surface area contributed by atoms with Crippen LogP contribution in [0.4, 0.5) is 0 Å². The Morgan fingerprint density at radius 3 is 2.95 bits per heavy atom. The van der Waals surface area contributed by atoms with Crippen molar-refractivity contribution in [2.45, 2.75) is 13.3 Å². The Kier molecular flexibility index (Phi) is 5.31. The van der Waals surface area contributed by atoms with Crippen LogP contribution >= 0.6 is 0 Å². The Hall–Kier alpha value is -1.45. The maximum Gasteiger partial charge on any atom is 0.0587 e. The molecule has 1 atom stereocenters. The smallest absolute Gasteiger partial charge is 0.0587 e. The summed E-state index contributed by atoms with van der Waals surface area (Å²) >= 11 is 0. The van der Waals surface area contributed by atoms with Crippen LogP contribution in [0.5, 0.6) is 0 Å². The highest BCUT2D eigenvalue weighted by Crippen LogP contribution is 2.19. The fourth-order valence-corrected chi connectivity index (χ4v) is 2.31. The molecule has 102 valence electrons. The number of nitrogens with one attached hydrogen (secondary N) is 1. The van der Waals surface area contributed by atoms with E-state index in [1.165, 1.54) is 16.3 Å². The first kappa shape index (κ1) is 14.0. The molecule has 0 amide bonds. The van der Waals surface area contributed by atoms with Crippen molar-refractivity contribution in [2.75, 3.05) is 26.8 Å². The van der Waals surface area contributed by atoms with E-state index in [9.17, 15) is 0 Å². The zero-order valence-electron chi connectivity index (χ0n) is 11.7. The van der Waals surface area contributed by atoms with E-state index in [0.29, 0.717) is 5.92 Å². The molecule has 1 aromatic heterocycles. The van der Waals surface area contributed by atoms with Crippen LogP contribution < -0.4 is 5.32 Å². The van der Waals surface area contributed by atoms with Gasteiger partial charge in [0, 0.05) is 31.4 Å². The van der Waals surface area contributed by atoms with Crippen molar-refractivity contribution in [3.8, 4) is 0 Å². The number of pyridine rings is 1. The van der Waals surface area contributed by atoms with E-state index in [4.69, 9.17) is 4.74 Å². The number of hydrogen-bond acceptors (Lipinski definition) is 3. The van der Waals surface area contributed by atoms with Crippen molar-refractivity contribution in [3.63, 3.8) is 0 Å². The van der Waals surface area contributed by atoms with E-state index in [1.807, 2.05) is 12.4 Å². The van der Waals surface area contributed by atoms with Crippen molar-refractivity contribution in [3.05, 3.63) is 42.2 Å². The predicted octanol–water partition coefficient (Wildman–Crippen LogP) is 2.65. The van der Waals surface area contributed by atoms with Gasteiger partial charge >= 0.3 is 0 Å². The van der Waals surface area contributed by atoms with Crippen LogP contribution in [0.2, 0.25) is 0 Å². The first-order chi connectivity index (χ1) is 9.31. The number of benzene rings is 1. The van der Waals surface area contributed by atoms with E-state index < -0.39 is 0 Å². The molecule has 0 aliphatic rings. The minimum absolute atomic E-state index is 0.587. The van der Waals surface area contributed by atoms with Gasteiger partial charge < -0.3 is 10.1 Å². The molecule has 3 heteroatoms. The van der Waals surface area contributed by atoms with Crippen LogP contribution in [0.1, 0.15) is 12.5 Å². The highest BCUT2D eigenvalue weighted by molar-refractivity contribution is 5.84. The third-order valence-electron chi connectivity index (χ3n) is 3.29. The van der Waals surface area contributed by atoms with E-state index in [1.54, 1.807) is 7.11 Å². The molecule has 1 heterocycles. The van der Waals surface area contributed by atoms with Crippen molar-refractivity contribution < 1.29 is 4.74 Å². The van der Waals surface area contributed by atoms with Crippen LogP contribution in [0, 0.1) is 5.92 Å². The van der Waals surface area contributed by atoms with Crippen LogP contribution in [-0.2, 0) is 11.2 Å². The summed E-state index contributed by atoms with van der Waals surface area (Å²) in [4.78, 5) is 4.34. The van der Waals surface area contributed by atoms with Gasteiger partial charge in [-0.15, -0.1) is 0 Å². The topological polar surface area (TPSA) is 34.1 Å². The Bertz CT molecular complexity index is 508. The SMILES string of the molecule is COCCNCC(C)Cc1cncc2ccccc12. The summed E-state index contributed by atoms with van der Waals surface area (Å²) in [5, 5.41) is 5.95. The second kappa shape index (κ2) is 7.22. The van der Waals surface area contributed by atoms with Gasteiger partial charge in [-0.3, -0.25) is 4.98 Å². The summed E-state index contributed by atoms with van der Waals surface area (Å²) in [5.74, 6) is 0.587. The molecule has 0 aliphatic heterocycles. The minimum Gasteiger partial charge on any atom is -0.383 e. The predicted molar refractivity (Wildman–Crippen MR) is 79.4 cm³/mol. The molecule has 0 radical (unpaired) electrons. The summed E-state index contributed by atoms with van der Waals surface area (Å²) in [7, 11) is 1.73. The molecule has 3 nitrogen and oxygen atoms in total. The molecule has 1 aromatic carbocycles. The highest BCUT2D eigenvalue weighted by Gasteiger charge is 2.07. The molecule has 2 rings (SSSR count). The van der Waals surface area contributed by atoms with Crippen LogP contribution in [0.3, 0.4) is 0 Å². The number of aromatic nitrogens is 1. The molecule has 0 bridgehead atoms. The van der Waals surface area contributed by atoms with Gasteiger partial charge in [0.25, 0.3) is 0 Å². The summed E-state index contributed by atoms with van der Waals surface area (Å²) in [6, 6.07) is 8.45. The van der Waals surface area contributed by atoms with Gasteiger partial charge in [-0.2, -0.15) is 0 Å². The van der Waals surface area contributed by atoms with Gasteiger partial charge in [-0.25, -0.2) is 0 Å². The standard InChI is InChI=1S/C16H22N2O/c1-13(10-17-7-8-19-2)9-15-12-18-11-14-5-3-4-6-16(14)15/h3-6,11-13,17H,7-10H2,1-2H3. The quantitative estimate of drug-likeness (QED) is 0.775. The van der Waals surface area contributed by atoms with Gasteiger partial charge in [0.15, 0.2) is 0 Å². The lowest BCUT2D eigenvalue weighted by Gasteiger charge is -2.13. The molecule has 2 aromatic rings. The first-order valence-corrected chi connectivity index (χ1v) is 6.82. The summed E-state index contributed by atoms with van der Waals surface area (Å²) in [6.45, 7) is 4.95. The van der Waals surface area contributed by atoms with E-state index in [0.717, 1.165) is 26.1 Å². The molecule has 0 fully saturated rings. The van der Waals surface area contributed by atoms with Crippen LogP contribution in [0.15, 0.2) is 36.7 Å². The molecular weight excluding hydrogens is 236 g/mol.